The zero-order valence-electron chi connectivity index (χ0n) is 15.8. The van der Waals surface area contributed by atoms with Crippen LogP contribution in [0.2, 0.25) is 0 Å². The van der Waals surface area contributed by atoms with E-state index in [1.54, 1.807) is 7.11 Å². The van der Waals surface area contributed by atoms with Crippen molar-refractivity contribution in [1.82, 2.24) is 4.90 Å². The van der Waals surface area contributed by atoms with Crippen molar-refractivity contribution in [3.63, 3.8) is 0 Å². The molecule has 2 aliphatic carbocycles. The Morgan fingerprint density at radius 3 is 3.04 bits per heavy atom. The predicted molar refractivity (Wildman–Crippen MR) is 97.2 cm³/mol. The SMILES string of the molecule is C=C1CCC[C@]2(C)C[C@H]3OC(=O)[C@H](CN4CCC[C@H]4COC)[C@H]3C[C@@H]12. The van der Waals surface area contributed by atoms with Crippen molar-refractivity contribution >= 4 is 5.97 Å². The Labute approximate surface area is 151 Å². The van der Waals surface area contributed by atoms with E-state index in [0.717, 1.165) is 32.5 Å². The largest absolute Gasteiger partial charge is 0.462 e. The number of rotatable bonds is 4. The van der Waals surface area contributed by atoms with Crippen LogP contribution in [-0.2, 0) is 14.3 Å². The van der Waals surface area contributed by atoms with E-state index in [1.807, 2.05) is 0 Å². The van der Waals surface area contributed by atoms with Crippen LogP contribution in [0.1, 0.15) is 51.9 Å². The maximum atomic E-state index is 12.7. The molecule has 4 aliphatic rings. The third kappa shape index (κ3) is 3.06. The minimum absolute atomic E-state index is 0.0433. The first-order valence-electron chi connectivity index (χ1n) is 10.1. The van der Waals surface area contributed by atoms with Gasteiger partial charge in [0, 0.05) is 25.6 Å². The van der Waals surface area contributed by atoms with Gasteiger partial charge in [-0.05, 0) is 62.8 Å². The summed E-state index contributed by atoms with van der Waals surface area (Å²) >= 11 is 0. The Bertz CT molecular complexity index is 547. The van der Waals surface area contributed by atoms with Crippen LogP contribution in [-0.4, -0.2) is 49.8 Å². The van der Waals surface area contributed by atoms with E-state index >= 15 is 0 Å². The smallest absolute Gasteiger partial charge is 0.310 e. The quantitative estimate of drug-likeness (QED) is 0.577. The van der Waals surface area contributed by atoms with Crippen molar-refractivity contribution < 1.29 is 14.3 Å². The lowest BCUT2D eigenvalue weighted by atomic mass is 9.55. The van der Waals surface area contributed by atoms with Crippen LogP contribution in [0.15, 0.2) is 12.2 Å². The Hall–Kier alpha value is -0.870. The van der Waals surface area contributed by atoms with Gasteiger partial charge in [0.1, 0.15) is 6.10 Å². The molecule has 0 N–H and O–H groups in total. The number of fused-ring (bicyclic) bond motifs is 2. The fraction of sp³-hybridized carbons (Fsp3) is 0.857. The van der Waals surface area contributed by atoms with Crippen molar-refractivity contribution in [1.29, 1.82) is 0 Å². The maximum absolute atomic E-state index is 12.7. The van der Waals surface area contributed by atoms with Crippen molar-refractivity contribution in [3.8, 4) is 0 Å². The third-order valence-electron chi connectivity index (χ3n) is 7.61. The molecule has 4 fully saturated rings. The highest BCUT2D eigenvalue weighted by Crippen LogP contribution is 2.57. The molecule has 2 heterocycles. The summed E-state index contributed by atoms with van der Waals surface area (Å²) in [6.45, 7) is 9.49. The molecule has 2 saturated heterocycles. The van der Waals surface area contributed by atoms with Gasteiger partial charge in [0.05, 0.1) is 12.5 Å². The first-order chi connectivity index (χ1) is 12.0. The second-order valence-corrected chi connectivity index (χ2v) is 9.15. The fourth-order valence-corrected chi connectivity index (χ4v) is 6.23. The highest BCUT2D eigenvalue weighted by Gasteiger charge is 2.55. The monoisotopic (exact) mass is 347 g/mol. The summed E-state index contributed by atoms with van der Waals surface area (Å²) in [6, 6.07) is 0.468. The number of hydrogen-bond acceptors (Lipinski definition) is 4. The molecule has 4 nitrogen and oxygen atoms in total. The van der Waals surface area contributed by atoms with Gasteiger partial charge in [-0.25, -0.2) is 0 Å². The van der Waals surface area contributed by atoms with E-state index < -0.39 is 0 Å². The Balaban J connectivity index is 1.49. The van der Waals surface area contributed by atoms with Crippen molar-refractivity contribution in [2.24, 2.45) is 23.2 Å². The highest BCUT2D eigenvalue weighted by atomic mass is 16.6. The van der Waals surface area contributed by atoms with Gasteiger partial charge >= 0.3 is 5.97 Å². The first kappa shape index (κ1) is 17.5. The second-order valence-electron chi connectivity index (χ2n) is 9.15. The van der Waals surface area contributed by atoms with Crippen molar-refractivity contribution in [2.45, 2.75) is 64.0 Å². The van der Waals surface area contributed by atoms with Crippen LogP contribution in [0.25, 0.3) is 0 Å². The van der Waals surface area contributed by atoms with Gasteiger partial charge in [0.2, 0.25) is 0 Å². The van der Waals surface area contributed by atoms with Crippen LogP contribution in [0.5, 0.6) is 0 Å². The van der Waals surface area contributed by atoms with E-state index in [0.29, 0.717) is 17.9 Å². The van der Waals surface area contributed by atoms with Crippen LogP contribution in [0.4, 0.5) is 0 Å². The normalized spacial score (nSPS) is 44.5. The number of nitrogens with zero attached hydrogens (tertiary/aromatic N) is 1. The van der Waals surface area contributed by atoms with E-state index in [2.05, 4.69) is 18.4 Å². The molecule has 0 amide bonds. The number of hydrogen-bond donors (Lipinski definition) is 0. The number of carbonyl (C=O) groups is 1. The second kappa shape index (κ2) is 6.70. The third-order valence-corrected chi connectivity index (χ3v) is 7.61. The molecule has 140 valence electrons. The lowest BCUT2D eigenvalue weighted by molar-refractivity contribution is -0.146. The van der Waals surface area contributed by atoms with E-state index in [4.69, 9.17) is 9.47 Å². The minimum atomic E-state index is 0.0433. The zero-order chi connectivity index (χ0) is 17.6. The topological polar surface area (TPSA) is 38.8 Å². The molecule has 0 spiro atoms. The van der Waals surface area contributed by atoms with Gasteiger partial charge < -0.3 is 9.47 Å². The van der Waals surface area contributed by atoms with Crippen molar-refractivity contribution in [2.75, 3.05) is 26.8 Å². The average molecular weight is 347 g/mol. The molecule has 0 aromatic carbocycles. The lowest BCUT2D eigenvalue weighted by Crippen LogP contribution is -2.46. The van der Waals surface area contributed by atoms with E-state index in [9.17, 15) is 4.79 Å². The highest BCUT2D eigenvalue weighted by molar-refractivity contribution is 5.75. The molecule has 4 rings (SSSR count). The summed E-state index contributed by atoms with van der Waals surface area (Å²) in [7, 11) is 1.77. The summed E-state index contributed by atoms with van der Waals surface area (Å²) in [5, 5.41) is 0. The molecule has 0 bridgehead atoms. The summed E-state index contributed by atoms with van der Waals surface area (Å²) in [6.07, 6.45) is 8.32. The van der Waals surface area contributed by atoms with Gasteiger partial charge in [0.25, 0.3) is 0 Å². The molecule has 2 saturated carbocycles. The maximum Gasteiger partial charge on any atom is 0.310 e. The van der Waals surface area contributed by atoms with E-state index in [-0.39, 0.29) is 23.4 Å². The lowest BCUT2D eigenvalue weighted by Gasteiger charge is -2.50. The Morgan fingerprint density at radius 1 is 1.40 bits per heavy atom. The molecule has 25 heavy (non-hydrogen) atoms. The molecule has 0 aromatic heterocycles. The standard InChI is InChI=1S/C21H33NO3/c1-14-6-4-8-21(2)11-19-16(10-18(14)21)17(20(23)25-19)12-22-9-5-7-15(22)13-24-3/h15-19H,1,4-13H2,2-3H3/t15-,16+,17+,18-,19+,21+/m0/s1. The summed E-state index contributed by atoms with van der Waals surface area (Å²) in [5.74, 6) is 1.05. The van der Waals surface area contributed by atoms with Crippen LogP contribution in [0, 0.1) is 23.2 Å². The van der Waals surface area contributed by atoms with Gasteiger partial charge in [-0.1, -0.05) is 19.1 Å². The Morgan fingerprint density at radius 2 is 2.24 bits per heavy atom. The van der Waals surface area contributed by atoms with Crippen LogP contribution >= 0.6 is 0 Å². The molecule has 0 radical (unpaired) electrons. The van der Waals surface area contributed by atoms with Crippen LogP contribution < -0.4 is 0 Å². The van der Waals surface area contributed by atoms with Gasteiger partial charge in [0.15, 0.2) is 0 Å². The number of likely N-dealkylation sites (tertiary alicyclic amines) is 1. The molecule has 6 atom stereocenters. The van der Waals surface area contributed by atoms with Crippen molar-refractivity contribution in [3.05, 3.63) is 12.2 Å². The summed E-state index contributed by atoms with van der Waals surface area (Å²) < 4.78 is 11.3. The number of methoxy groups -OCH3 is 1. The molecular formula is C21H33NO3. The van der Waals surface area contributed by atoms with Gasteiger partial charge in [-0.2, -0.15) is 0 Å². The van der Waals surface area contributed by atoms with E-state index in [1.165, 1.54) is 37.7 Å². The first-order valence-corrected chi connectivity index (χ1v) is 10.1. The number of esters is 1. The summed E-state index contributed by atoms with van der Waals surface area (Å²) in [4.78, 5) is 15.2. The number of carbonyl (C=O) groups excluding carboxylic acids is 1. The van der Waals surface area contributed by atoms with Gasteiger partial charge in [-0.3, -0.25) is 9.69 Å². The molecular weight excluding hydrogens is 314 g/mol. The number of allylic oxidation sites excluding steroid dienone is 1. The molecule has 0 unspecified atom stereocenters. The zero-order valence-corrected chi connectivity index (χ0v) is 15.8. The van der Waals surface area contributed by atoms with Crippen LogP contribution in [0.3, 0.4) is 0 Å². The number of ether oxygens (including phenoxy) is 2. The molecule has 4 heteroatoms. The summed E-state index contributed by atoms with van der Waals surface area (Å²) in [5.41, 5.74) is 1.71. The minimum Gasteiger partial charge on any atom is -0.462 e. The Kier molecular flexibility index (Phi) is 4.70. The predicted octanol–water partition coefficient (Wildman–Crippen LogP) is 3.41. The van der Waals surface area contributed by atoms with Gasteiger partial charge in [-0.15, -0.1) is 0 Å². The molecule has 0 aromatic rings. The average Bonchev–Trinajstić information content (AvgIpc) is 3.11. The molecule has 2 aliphatic heterocycles. The fourth-order valence-electron chi connectivity index (χ4n) is 6.23.